The van der Waals surface area contributed by atoms with E-state index >= 15 is 0 Å². The first-order chi connectivity index (χ1) is 9.76. The van der Waals surface area contributed by atoms with E-state index in [1.165, 1.54) is 21.9 Å². The third-order valence-electron chi connectivity index (χ3n) is 3.76. The quantitative estimate of drug-likeness (QED) is 0.792. The second kappa shape index (κ2) is 5.13. The molecule has 0 aliphatic carbocycles. The fourth-order valence-corrected chi connectivity index (χ4v) is 2.85. The minimum absolute atomic E-state index is 0.685. The third kappa shape index (κ3) is 1.93. The number of hydrogen-bond acceptors (Lipinski definition) is 3. The number of nitrogens with two attached hydrogens (primary N) is 1. The number of benzene rings is 1. The predicted octanol–water partition coefficient (Wildman–Crippen LogP) is 2.86. The zero-order chi connectivity index (χ0) is 14.1. The van der Waals surface area contributed by atoms with E-state index in [1.807, 2.05) is 12.4 Å². The van der Waals surface area contributed by atoms with Crippen molar-refractivity contribution in [3.8, 4) is 5.75 Å². The number of fused-ring (bicyclic) bond motifs is 3. The summed E-state index contributed by atoms with van der Waals surface area (Å²) in [7, 11) is 1.70. The van der Waals surface area contributed by atoms with Gasteiger partial charge in [0.2, 0.25) is 0 Å². The molecule has 1 aromatic carbocycles. The Hall–Kier alpha value is -2.07. The lowest BCUT2D eigenvalue weighted by molar-refractivity contribution is 0.415. The number of nitrogens with zero attached hydrogens (tertiary/aromatic N) is 2. The Kier molecular flexibility index (Phi) is 3.32. The molecule has 20 heavy (non-hydrogen) atoms. The monoisotopic (exact) mass is 269 g/mol. The molecule has 0 aliphatic rings. The van der Waals surface area contributed by atoms with Crippen LogP contribution in [0, 0.1) is 6.92 Å². The summed E-state index contributed by atoms with van der Waals surface area (Å²) in [5.41, 5.74) is 9.24. The fourth-order valence-electron chi connectivity index (χ4n) is 2.85. The first-order valence-corrected chi connectivity index (χ1v) is 6.87. The second-order valence-corrected chi connectivity index (χ2v) is 5.03. The molecule has 4 heteroatoms. The first-order valence-electron chi connectivity index (χ1n) is 6.87. The fraction of sp³-hybridized carbons (Fsp3) is 0.312. The molecule has 0 atom stereocenters. The van der Waals surface area contributed by atoms with Gasteiger partial charge < -0.3 is 15.0 Å². The Morgan fingerprint density at radius 3 is 2.90 bits per heavy atom. The largest absolute Gasteiger partial charge is 0.497 e. The highest BCUT2D eigenvalue weighted by molar-refractivity contribution is 6.09. The summed E-state index contributed by atoms with van der Waals surface area (Å²) in [6, 6.07) is 6.25. The predicted molar refractivity (Wildman–Crippen MR) is 82.2 cm³/mol. The van der Waals surface area contributed by atoms with Gasteiger partial charge in [0, 0.05) is 29.6 Å². The van der Waals surface area contributed by atoms with E-state index in [0.29, 0.717) is 6.54 Å². The van der Waals surface area contributed by atoms with E-state index < -0.39 is 0 Å². The number of aromatic nitrogens is 2. The summed E-state index contributed by atoms with van der Waals surface area (Å²) in [4.78, 5) is 4.27. The van der Waals surface area contributed by atoms with Crippen LogP contribution < -0.4 is 10.5 Å². The molecular weight excluding hydrogens is 250 g/mol. The van der Waals surface area contributed by atoms with E-state index in [2.05, 4.69) is 34.7 Å². The summed E-state index contributed by atoms with van der Waals surface area (Å²) in [6.45, 7) is 3.71. The van der Waals surface area contributed by atoms with Crippen LogP contribution in [-0.2, 0) is 6.54 Å². The normalized spacial score (nSPS) is 11.3. The van der Waals surface area contributed by atoms with Gasteiger partial charge in [-0.15, -0.1) is 0 Å². The van der Waals surface area contributed by atoms with Crippen LogP contribution in [0.1, 0.15) is 12.0 Å². The summed E-state index contributed by atoms with van der Waals surface area (Å²) >= 11 is 0. The maximum Gasteiger partial charge on any atom is 0.121 e. The van der Waals surface area contributed by atoms with Crippen molar-refractivity contribution < 1.29 is 4.74 Å². The Balaban J connectivity index is 2.38. The molecule has 2 heterocycles. The first kappa shape index (κ1) is 12.9. The van der Waals surface area contributed by atoms with Gasteiger partial charge >= 0.3 is 0 Å². The van der Waals surface area contributed by atoms with Crippen molar-refractivity contribution in [2.24, 2.45) is 5.73 Å². The Labute approximate surface area is 118 Å². The number of rotatable bonds is 4. The highest BCUT2D eigenvalue weighted by Crippen LogP contribution is 2.34. The van der Waals surface area contributed by atoms with Crippen molar-refractivity contribution in [1.82, 2.24) is 9.55 Å². The van der Waals surface area contributed by atoms with Gasteiger partial charge in [0.05, 0.1) is 24.3 Å². The molecule has 104 valence electrons. The highest BCUT2D eigenvalue weighted by atomic mass is 16.5. The average molecular weight is 269 g/mol. The average Bonchev–Trinajstić information content (AvgIpc) is 2.79. The molecule has 2 aromatic heterocycles. The van der Waals surface area contributed by atoms with Crippen LogP contribution in [0.25, 0.3) is 21.8 Å². The summed E-state index contributed by atoms with van der Waals surface area (Å²) < 4.78 is 7.70. The molecule has 0 saturated heterocycles. The van der Waals surface area contributed by atoms with Gasteiger partial charge in [-0.2, -0.15) is 0 Å². The van der Waals surface area contributed by atoms with Crippen LogP contribution in [0.2, 0.25) is 0 Å². The van der Waals surface area contributed by atoms with Gasteiger partial charge in [-0.05, 0) is 37.6 Å². The molecule has 0 bridgehead atoms. The number of hydrogen-bond donors (Lipinski definition) is 1. The van der Waals surface area contributed by atoms with E-state index in [1.54, 1.807) is 7.11 Å². The van der Waals surface area contributed by atoms with Crippen LogP contribution in [0.3, 0.4) is 0 Å². The van der Waals surface area contributed by atoms with Crippen LogP contribution >= 0.6 is 0 Å². The van der Waals surface area contributed by atoms with Crippen molar-refractivity contribution in [3.63, 3.8) is 0 Å². The minimum atomic E-state index is 0.685. The standard InChI is InChI=1S/C16H19N3O/c1-11-8-12(20-2)9-14-16(11)13-4-6-18-10-15(13)19(14)7-3-5-17/h4,6,8-10H,3,5,7,17H2,1-2H3. The van der Waals surface area contributed by atoms with Crippen LogP contribution in [-0.4, -0.2) is 23.2 Å². The van der Waals surface area contributed by atoms with Gasteiger partial charge in [-0.3, -0.25) is 4.98 Å². The molecule has 0 spiro atoms. The molecule has 0 radical (unpaired) electrons. The molecule has 0 aliphatic heterocycles. The molecule has 2 N–H and O–H groups in total. The molecular formula is C16H19N3O. The Morgan fingerprint density at radius 2 is 2.15 bits per heavy atom. The van der Waals surface area contributed by atoms with E-state index in [4.69, 9.17) is 10.5 Å². The number of pyridine rings is 1. The van der Waals surface area contributed by atoms with E-state index in [-0.39, 0.29) is 0 Å². The number of ether oxygens (including phenoxy) is 1. The lowest BCUT2D eigenvalue weighted by Gasteiger charge is -2.08. The van der Waals surface area contributed by atoms with Crippen LogP contribution in [0.4, 0.5) is 0 Å². The number of aryl methyl sites for hydroxylation is 2. The summed E-state index contributed by atoms with van der Waals surface area (Å²) in [5, 5.41) is 2.52. The minimum Gasteiger partial charge on any atom is -0.497 e. The van der Waals surface area contributed by atoms with Crippen molar-refractivity contribution in [3.05, 3.63) is 36.2 Å². The van der Waals surface area contributed by atoms with Crippen molar-refractivity contribution >= 4 is 21.8 Å². The summed E-state index contributed by atoms with van der Waals surface area (Å²) in [6.07, 6.45) is 4.72. The van der Waals surface area contributed by atoms with Gasteiger partial charge in [0.25, 0.3) is 0 Å². The van der Waals surface area contributed by atoms with E-state index in [9.17, 15) is 0 Å². The maximum absolute atomic E-state index is 5.67. The zero-order valence-electron chi connectivity index (χ0n) is 11.9. The van der Waals surface area contributed by atoms with E-state index in [0.717, 1.165) is 24.2 Å². The van der Waals surface area contributed by atoms with Crippen molar-refractivity contribution in [1.29, 1.82) is 0 Å². The van der Waals surface area contributed by atoms with Gasteiger partial charge in [0.1, 0.15) is 5.75 Å². The lowest BCUT2D eigenvalue weighted by atomic mass is 10.1. The molecule has 0 unspecified atom stereocenters. The van der Waals surface area contributed by atoms with Crippen molar-refractivity contribution in [2.75, 3.05) is 13.7 Å². The topological polar surface area (TPSA) is 53.1 Å². The Bertz CT molecular complexity index is 761. The van der Waals surface area contributed by atoms with Crippen molar-refractivity contribution in [2.45, 2.75) is 19.9 Å². The van der Waals surface area contributed by atoms with Gasteiger partial charge in [0.15, 0.2) is 0 Å². The van der Waals surface area contributed by atoms with Gasteiger partial charge in [-0.1, -0.05) is 0 Å². The third-order valence-corrected chi connectivity index (χ3v) is 3.76. The lowest BCUT2D eigenvalue weighted by Crippen LogP contribution is -2.05. The van der Waals surface area contributed by atoms with Crippen LogP contribution in [0.15, 0.2) is 30.6 Å². The second-order valence-electron chi connectivity index (χ2n) is 5.03. The smallest absolute Gasteiger partial charge is 0.121 e. The SMILES string of the molecule is COc1cc(C)c2c3ccncc3n(CCCN)c2c1. The highest BCUT2D eigenvalue weighted by Gasteiger charge is 2.13. The Morgan fingerprint density at radius 1 is 1.30 bits per heavy atom. The molecule has 0 fully saturated rings. The van der Waals surface area contributed by atoms with Crippen LogP contribution in [0.5, 0.6) is 5.75 Å². The molecule has 0 amide bonds. The molecule has 3 aromatic rings. The number of methoxy groups -OCH3 is 1. The summed E-state index contributed by atoms with van der Waals surface area (Å²) in [5.74, 6) is 0.889. The van der Waals surface area contributed by atoms with Gasteiger partial charge in [-0.25, -0.2) is 0 Å². The molecule has 0 saturated carbocycles. The molecule has 4 nitrogen and oxygen atoms in total. The maximum atomic E-state index is 5.67. The zero-order valence-corrected chi connectivity index (χ0v) is 11.9. The molecule has 3 rings (SSSR count).